The van der Waals surface area contributed by atoms with Gasteiger partial charge in [-0.15, -0.1) is 0 Å². The van der Waals surface area contributed by atoms with E-state index in [-0.39, 0.29) is 17.9 Å². The van der Waals surface area contributed by atoms with Crippen LogP contribution in [0.25, 0.3) is 5.69 Å². The van der Waals surface area contributed by atoms with Gasteiger partial charge in [-0.2, -0.15) is 5.10 Å². The Morgan fingerprint density at radius 3 is 2.79 bits per heavy atom. The quantitative estimate of drug-likeness (QED) is 0.910. The molecule has 2 fully saturated rings. The van der Waals surface area contributed by atoms with E-state index >= 15 is 0 Å². The first kappa shape index (κ1) is 15.3. The summed E-state index contributed by atoms with van der Waals surface area (Å²) in [6.07, 6.45) is 6.67. The van der Waals surface area contributed by atoms with Crippen molar-refractivity contribution in [3.05, 3.63) is 42.0 Å². The molecule has 1 aromatic carbocycles. The van der Waals surface area contributed by atoms with E-state index in [1.165, 1.54) is 10.7 Å². The molecule has 0 radical (unpaired) electrons. The number of nitrogens with two attached hydrogens (primary N) is 1. The summed E-state index contributed by atoms with van der Waals surface area (Å²) in [5.41, 5.74) is 7.98. The topological polar surface area (TPSA) is 72.9 Å². The smallest absolute Gasteiger partial charge is 0.229 e. The predicted octanol–water partition coefficient (Wildman–Crippen LogP) is 2.63. The average molecular weight is 328 g/mol. The number of fused-ring (bicyclic) bond motifs is 2. The Hall–Kier alpha value is -2.21. The van der Waals surface area contributed by atoms with E-state index in [0.29, 0.717) is 23.2 Å². The van der Waals surface area contributed by atoms with Gasteiger partial charge in [-0.3, -0.25) is 4.79 Å². The number of hydrogen-bond acceptors (Lipinski definition) is 3. The maximum atomic E-state index is 14.4. The Morgan fingerprint density at radius 2 is 2.17 bits per heavy atom. The molecule has 6 heteroatoms. The number of benzene rings is 1. The second kappa shape index (κ2) is 5.70. The van der Waals surface area contributed by atoms with Crippen LogP contribution in [0, 0.1) is 30.5 Å². The molecule has 4 rings (SSSR count). The molecule has 2 bridgehead atoms. The van der Waals surface area contributed by atoms with Gasteiger partial charge in [-0.25, -0.2) is 9.07 Å². The fourth-order valence-corrected chi connectivity index (χ4v) is 4.27. The molecule has 1 amide bonds. The Balaban J connectivity index is 1.51. The zero-order valence-corrected chi connectivity index (χ0v) is 13.6. The third kappa shape index (κ3) is 2.51. The van der Waals surface area contributed by atoms with Crippen LogP contribution in [0.2, 0.25) is 0 Å². The number of aryl methyl sites for hydroxylation is 1. The number of amides is 1. The first-order chi connectivity index (χ1) is 11.5. The molecule has 2 aliphatic carbocycles. The lowest BCUT2D eigenvalue weighted by Gasteiger charge is -2.27. The normalized spacial score (nSPS) is 28.3. The first-order valence-electron chi connectivity index (χ1n) is 8.40. The molecule has 0 aliphatic heterocycles. The molecule has 0 saturated heterocycles. The molecule has 1 heterocycles. The van der Waals surface area contributed by atoms with Crippen LogP contribution in [0.4, 0.5) is 10.1 Å². The number of hydrogen-bond donors (Lipinski definition) is 2. The lowest BCUT2D eigenvalue weighted by molar-refractivity contribution is -0.121. The number of carbonyl (C=O) groups excluding carboxylic acids is 1. The number of halogens is 1. The van der Waals surface area contributed by atoms with Crippen molar-refractivity contribution in [2.75, 3.05) is 5.32 Å². The van der Waals surface area contributed by atoms with E-state index in [2.05, 4.69) is 10.4 Å². The Labute approximate surface area is 140 Å². The van der Waals surface area contributed by atoms with Gasteiger partial charge < -0.3 is 11.1 Å². The summed E-state index contributed by atoms with van der Waals surface area (Å²) in [4.78, 5) is 12.6. The van der Waals surface area contributed by atoms with Crippen molar-refractivity contribution in [3.63, 3.8) is 0 Å². The Kier molecular flexibility index (Phi) is 3.64. The highest BCUT2D eigenvalue weighted by Crippen LogP contribution is 2.47. The van der Waals surface area contributed by atoms with Gasteiger partial charge in [0, 0.05) is 17.9 Å². The van der Waals surface area contributed by atoms with Crippen LogP contribution < -0.4 is 11.1 Å². The number of rotatable bonds is 3. The minimum absolute atomic E-state index is 0.0695. The number of anilines is 1. The fourth-order valence-electron chi connectivity index (χ4n) is 4.27. The van der Waals surface area contributed by atoms with Crippen LogP contribution in [-0.4, -0.2) is 21.7 Å². The van der Waals surface area contributed by atoms with Crippen molar-refractivity contribution in [2.24, 2.45) is 23.5 Å². The monoisotopic (exact) mass is 328 g/mol. The summed E-state index contributed by atoms with van der Waals surface area (Å²) in [7, 11) is 0. The third-order valence-electron chi connectivity index (χ3n) is 5.46. The highest BCUT2D eigenvalue weighted by Gasteiger charge is 2.49. The maximum Gasteiger partial charge on any atom is 0.229 e. The molecule has 5 nitrogen and oxygen atoms in total. The molecular weight excluding hydrogens is 307 g/mol. The summed E-state index contributed by atoms with van der Waals surface area (Å²) in [6, 6.07) is 4.59. The van der Waals surface area contributed by atoms with Gasteiger partial charge >= 0.3 is 0 Å². The third-order valence-corrected chi connectivity index (χ3v) is 5.46. The summed E-state index contributed by atoms with van der Waals surface area (Å²) >= 11 is 0. The minimum Gasteiger partial charge on any atom is -0.327 e. The van der Waals surface area contributed by atoms with Crippen LogP contribution in [0.3, 0.4) is 0 Å². The summed E-state index contributed by atoms with van der Waals surface area (Å²) in [5, 5.41) is 6.94. The van der Waals surface area contributed by atoms with E-state index in [1.54, 1.807) is 24.5 Å². The molecular formula is C18H21FN4O. The molecule has 2 aromatic rings. The van der Waals surface area contributed by atoms with Crippen molar-refractivity contribution >= 4 is 11.6 Å². The molecule has 3 N–H and O–H groups in total. The standard InChI is InChI=1S/C18H21FN4O/c1-10-8-21-23(9-10)15-5-4-13(7-14(15)19)22-18(24)16-11-2-3-12(6-11)17(16)20/h4-5,7-9,11-12,16-17H,2-3,6,20H2,1H3,(H,22,24). The molecule has 1 aromatic heterocycles. The van der Waals surface area contributed by atoms with Gasteiger partial charge in [0.25, 0.3) is 0 Å². The van der Waals surface area contributed by atoms with Crippen LogP contribution in [0.5, 0.6) is 0 Å². The first-order valence-corrected chi connectivity index (χ1v) is 8.40. The SMILES string of the molecule is Cc1cnn(-c2ccc(NC(=O)C3C4CCC(C4)C3N)cc2F)c1. The van der Waals surface area contributed by atoms with E-state index in [1.807, 2.05) is 6.92 Å². The van der Waals surface area contributed by atoms with Gasteiger partial charge in [-0.05, 0) is 61.8 Å². The lowest BCUT2D eigenvalue weighted by atomic mass is 9.84. The van der Waals surface area contributed by atoms with Gasteiger partial charge in [0.2, 0.25) is 5.91 Å². The lowest BCUT2D eigenvalue weighted by Crippen LogP contribution is -2.42. The number of aromatic nitrogens is 2. The average Bonchev–Trinajstić information content (AvgIpc) is 3.23. The van der Waals surface area contributed by atoms with Crippen molar-refractivity contribution in [1.82, 2.24) is 9.78 Å². The molecule has 4 unspecified atom stereocenters. The van der Waals surface area contributed by atoms with Crippen LogP contribution >= 0.6 is 0 Å². The second-order valence-electron chi connectivity index (χ2n) is 7.05. The molecule has 0 spiro atoms. The Bertz CT molecular complexity index is 785. The summed E-state index contributed by atoms with van der Waals surface area (Å²) < 4.78 is 15.9. The van der Waals surface area contributed by atoms with E-state index in [4.69, 9.17) is 5.73 Å². The molecule has 4 atom stereocenters. The number of nitrogens with zero attached hydrogens (tertiary/aromatic N) is 2. The van der Waals surface area contributed by atoms with Crippen molar-refractivity contribution in [3.8, 4) is 5.69 Å². The highest BCUT2D eigenvalue weighted by molar-refractivity contribution is 5.93. The largest absolute Gasteiger partial charge is 0.327 e. The zero-order chi connectivity index (χ0) is 16.8. The molecule has 126 valence electrons. The second-order valence-corrected chi connectivity index (χ2v) is 7.05. The maximum absolute atomic E-state index is 14.4. The summed E-state index contributed by atoms with van der Waals surface area (Å²) in [6.45, 7) is 1.90. The van der Waals surface area contributed by atoms with E-state index < -0.39 is 5.82 Å². The highest BCUT2D eigenvalue weighted by atomic mass is 19.1. The van der Waals surface area contributed by atoms with Gasteiger partial charge in [-0.1, -0.05) is 0 Å². The molecule has 2 saturated carbocycles. The van der Waals surface area contributed by atoms with Crippen LogP contribution in [0.15, 0.2) is 30.6 Å². The zero-order valence-electron chi connectivity index (χ0n) is 13.6. The summed E-state index contributed by atoms with van der Waals surface area (Å²) in [5.74, 6) is 0.180. The molecule has 24 heavy (non-hydrogen) atoms. The number of carbonyl (C=O) groups is 1. The van der Waals surface area contributed by atoms with E-state index in [9.17, 15) is 9.18 Å². The van der Waals surface area contributed by atoms with Gasteiger partial charge in [0.15, 0.2) is 5.82 Å². The van der Waals surface area contributed by atoms with Crippen molar-refractivity contribution < 1.29 is 9.18 Å². The van der Waals surface area contributed by atoms with Crippen LogP contribution in [-0.2, 0) is 4.79 Å². The van der Waals surface area contributed by atoms with E-state index in [0.717, 1.165) is 24.8 Å². The van der Waals surface area contributed by atoms with Crippen LogP contribution in [0.1, 0.15) is 24.8 Å². The fraction of sp³-hybridized carbons (Fsp3) is 0.444. The molecule has 2 aliphatic rings. The predicted molar refractivity (Wildman–Crippen MR) is 89.2 cm³/mol. The van der Waals surface area contributed by atoms with Crippen molar-refractivity contribution in [1.29, 1.82) is 0 Å². The van der Waals surface area contributed by atoms with Crippen molar-refractivity contribution in [2.45, 2.75) is 32.2 Å². The minimum atomic E-state index is -0.423. The number of nitrogens with one attached hydrogen (secondary N) is 1. The Morgan fingerprint density at radius 1 is 1.38 bits per heavy atom. The van der Waals surface area contributed by atoms with Gasteiger partial charge in [0.05, 0.1) is 12.1 Å². The van der Waals surface area contributed by atoms with Gasteiger partial charge in [0.1, 0.15) is 5.69 Å².